The number of thiocarbonyl (C=S) groups is 1. The third-order valence-electron chi connectivity index (χ3n) is 3.26. The van der Waals surface area contributed by atoms with Crippen LogP contribution >= 0.6 is 23.8 Å². The number of carbonyl (C=O) groups excluding carboxylic acids is 1. The molecule has 116 valence electrons. The average Bonchev–Trinajstić information content (AvgIpc) is 2.44. The minimum atomic E-state index is 0.0635. The maximum atomic E-state index is 12.0. The van der Waals surface area contributed by atoms with Crippen LogP contribution in [-0.4, -0.2) is 47.5 Å². The second-order valence-electron chi connectivity index (χ2n) is 4.82. The third-order valence-corrected chi connectivity index (χ3v) is 4.08. The van der Waals surface area contributed by atoms with Gasteiger partial charge in [-0.2, -0.15) is 0 Å². The number of likely N-dealkylation sites (N-methyl/N-ethyl adjacent to an activating group) is 2. The van der Waals surface area contributed by atoms with Gasteiger partial charge in [0.2, 0.25) is 5.91 Å². The van der Waals surface area contributed by atoms with Crippen LogP contribution in [0.25, 0.3) is 0 Å². The molecular formula is C15H22ClN3OS. The molecule has 1 rings (SSSR count). The Morgan fingerprint density at radius 1 is 1.33 bits per heavy atom. The number of carbonyl (C=O) groups is 1. The first kappa shape index (κ1) is 17.7. The Morgan fingerprint density at radius 3 is 2.48 bits per heavy atom. The van der Waals surface area contributed by atoms with Crippen molar-refractivity contribution in [3.8, 4) is 0 Å². The van der Waals surface area contributed by atoms with Crippen molar-refractivity contribution in [1.29, 1.82) is 0 Å². The number of hydrogen-bond donors (Lipinski definition) is 1. The van der Waals surface area contributed by atoms with Crippen LogP contribution in [-0.2, 0) is 4.79 Å². The Bertz CT molecular complexity index is 518. The molecule has 0 fully saturated rings. The van der Waals surface area contributed by atoms with Crippen LogP contribution in [0.2, 0.25) is 5.02 Å². The van der Waals surface area contributed by atoms with Gasteiger partial charge in [-0.25, -0.2) is 0 Å². The fraction of sp³-hybridized carbons (Fsp3) is 0.467. The van der Waals surface area contributed by atoms with E-state index in [9.17, 15) is 4.79 Å². The molecule has 21 heavy (non-hydrogen) atoms. The van der Waals surface area contributed by atoms with Gasteiger partial charge >= 0.3 is 0 Å². The molecule has 1 amide bonds. The van der Waals surface area contributed by atoms with E-state index in [1.54, 1.807) is 16.8 Å². The number of halogens is 1. The molecule has 0 atom stereocenters. The van der Waals surface area contributed by atoms with Gasteiger partial charge in [-0.15, -0.1) is 0 Å². The van der Waals surface area contributed by atoms with E-state index >= 15 is 0 Å². The van der Waals surface area contributed by atoms with E-state index in [1.807, 2.05) is 39.0 Å². The highest BCUT2D eigenvalue weighted by Crippen LogP contribution is 2.20. The summed E-state index contributed by atoms with van der Waals surface area (Å²) in [6, 6.07) is 5.66. The lowest BCUT2D eigenvalue weighted by Crippen LogP contribution is -2.42. The zero-order valence-corrected chi connectivity index (χ0v) is 14.5. The summed E-state index contributed by atoms with van der Waals surface area (Å²) in [5, 5.41) is 4.27. The number of rotatable bonds is 5. The van der Waals surface area contributed by atoms with Crippen molar-refractivity contribution in [2.45, 2.75) is 20.8 Å². The molecule has 0 aliphatic heterocycles. The number of hydrogen-bond acceptors (Lipinski definition) is 2. The number of amides is 1. The second kappa shape index (κ2) is 8.20. The Balaban J connectivity index is 2.62. The minimum Gasteiger partial charge on any atom is -0.343 e. The summed E-state index contributed by atoms with van der Waals surface area (Å²) >= 11 is 11.4. The van der Waals surface area contributed by atoms with Crippen LogP contribution in [0.3, 0.4) is 0 Å². The summed E-state index contributed by atoms with van der Waals surface area (Å²) in [7, 11) is 1.80. The van der Waals surface area contributed by atoms with Crippen LogP contribution in [0.5, 0.6) is 0 Å². The topological polar surface area (TPSA) is 35.6 Å². The first-order valence-corrected chi connectivity index (χ1v) is 7.73. The van der Waals surface area contributed by atoms with Crippen LogP contribution in [0, 0.1) is 6.92 Å². The predicted octanol–water partition coefficient (Wildman–Crippen LogP) is 3.15. The van der Waals surface area contributed by atoms with E-state index in [2.05, 4.69) is 5.32 Å². The number of benzene rings is 1. The van der Waals surface area contributed by atoms with Crippen molar-refractivity contribution in [3.63, 3.8) is 0 Å². The Hall–Kier alpha value is -1.33. The standard InChI is InChI=1S/C15H22ClN3OS/c1-5-19(6-2)14(20)10-18(4)15(21)17-12-8-7-11(3)13(16)9-12/h7-9H,5-6,10H2,1-4H3,(H,17,21). The minimum absolute atomic E-state index is 0.0635. The summed E-state index contributed by atoms with van der Waals surface area (Å²) in [5.74, 6) is 0.0635. The van der Waals surface area contributed by atoms with Gasteiger partial charge in [0.15, 0.2) is 5.11 Å². The summed E-state index contributed by atoms with van der Waals surface area (Å²) in [6.45, 7) is 7.54. The van der Waals surface area contributed by atoms with Gasteiger partial charge in [-0.3, -0.25) is 4.79 Å². The SMILES string of the molecule is CCN(CC)C(=O)CN(C)C(=S)Nc1ccc(C)c(Cl)c1. The van der Waals surface area contributed by atoms with Gasteiger partial charge in [-0.05, 0) is 50.7 Å². The van der Waals surface area contributed by atoms with Crippen LogP contribution in [0.4, 0.5) is 5.69 Å². The summed E-state index contributed by atoms with van der Waals surface area (Å²) in [4.78, 5) is 15.6. The molecule has 0 heterocycles. The zero-order valence-electron chi connectivity index (χ0n) is 12.9. The molecule has 0 saturated carbocycles. The molecule has 1 aromatic carbocycles. The van der Waals surface area contributed by atoms with E-state index in [0.717, 1.165) is 11.3 Å². The molecule has 0 aromatic heterocycles. The van der Waals surface area contributed by atoms with E-state index in [-0.39, 0.29) is 12.5 Å². The third kappa shape index (κ3) is 5.17. The largest absolute Gasteiger partial charge is 0.343 e. The van der Waals surface area contributed by atoms with Crippen molar-refractivity contribution >= 4 is 40.5 Å². The number of nitrogens with one attached hydrogen (secondary N) is 1. The monoisotopic (exact) mass is 327 g/mol. The highest BCUT2D eigenvalue weighted by Gasteiger charge is 2.14. The van der Waals surface area contributed by atoms with Gasteiger partial charge in [0.1, 0.15) is 0 Å². The molecular weight excluding hydrogens is 306 g/mol. The van der Waals surface area contributed by atoms with Crippen molar-refractivity contribution in [3.05, 3.63) is 28.8 Å². The molecule has 0 saturated heterocycles. The van der Waals surface area contributed by atoms with Gasteiger partial charge in [0.25, 0.3) is 0 Å². The zero-order chi connectivity index (χ0) is 16.0. The number of aryl methyl sites for hydroxylation is 1. The van der Waals surface area contributed by atoms with Gasteiger partial charge in [0.05, 0.1) is 6.54 Å². The first-order valence-electron chi connectivity index (χ1n) is 6.95. The Morgan fingerprint density at radius 2 is 1.95 bits per heavy atom. The highest BCUT2D eigenvalue weighted by atomic mass is 35.5. The summed E-state index contributed by atoms with van der Waals surface area (Å²) < 4.78 is 0. The van der Waals surface area contributed by atoms with E-state index in [4.69, 9.17) is 23.8 Å². The van der Waals surface area contributed by atoms with E-state index in [0.29, 0.717) is 23.2 Å². The molecule has 1 N–H and O–H groups in total. The molecule has 0 unspecified atom stereocenters. The Kier molecular flexibility index (Phi) is 6.92. The molecule has 0 radical (unpaired) electrons. The smallest absolute Gasteiger partial charge is 0.242 e. The quantitative estimate of drug-likeness (QED) is 0.843. The summed E-state index contributed by atoms with van der Waals surface area (Å²) in [6.07, 6.45) is 0. The lowest BCUT2D eigenvalue weighted by atomic mass is 10.2. The van der Waals surface area contributed by atoms with Crippen LogP contribution < -0.4 is 5.32 Å². The number of anilines is 1. The van der Waals surface area contributed by atoms with Crippen LogP contribution in [0.1, 0.15) is 19.4 Å². The molecule has 4 nitrogen and oxygen atoms in total. The number of nitrogens with zero attached hydrogens (tertiary/aromatic N) is 2. The Labute approximate surface area is 137 Å². The van der Waals surface area contributed by atoms with Gasteiger partial charge in [0, 0.05) is 30.8 Å². The summed E-state index contributed by atoms with van der Waals surface area (Å²) in [5.41, 5.74) is 1.83. The fourth-order valence-corrected chi connectivity index (χ4v) is 2.20. The van der Waals surface area contributed by atoms with E-state index in [1.165, 1.54) is 0 Å². The van der Waals surface area contributed by atoms with Crippen molar-refractivity contribution in [2.24, 2.45) is 0 Å². The predicted molar refractivity (Wildman–Crippen MR) is 93.0 cm³/mol. The van der Waals surface area contributed by atoms with E-state index < -0.39 is 0 Å². The van der Waals surface area contributed by atoms with Gasteiger partial charge < -0.3 is 15.1 Å². The first-order chi connectivity index (χ1) is 9.88. The van der Waals surface area contributed by atoms with Crippen molar-refractivity contribution < 1.29 is 4.79 Å². The van der Waals surface area contributed by atoms with Gasteiger partial charge in [-0.1, -0.05) is 17.7 Å². The fourth-order valence-electron chi connectivity index (χ4n) is 1.84. The molecule has 0 spiro atoms. The maximum Gasteiger partial charge on any atom is 0.242 e. The average molecular weight is 328 g/mol. The lowest BCUT2D eigenvalue weighted by molar-refractivity contribution is -0.130. The molecule has 0 aliphatic rings. The van der Waals surface area contributed by atoms with Crippen molar-refractivity contribution in [2.75, 3.05) is 32.0 Å². The maximum absolute atomic E-state index is 12.0. The molecule has 6 heteroatoms. The molecule has 1 aromatic rings. The normalized spacial score (nSPS) is 10.1. The second-order valence-corrected chi connectivity index (χ2v) is 5.61. The molecule has 0 aliphatic carbocycles. The molecule has 0 bridgehead atoms. The highest BCUT2D eigenvalue weighted by molar-refractivity contribution is 7.80. The lowest BCUT2D eigenvalue weighted by Gasteiger charge is -2.25. The van der Waals surface area contributed by atoms with Crippen molar-refractivity contribution in [1.82, 2.24) is 9.80 Å². The van der Waals surface area contributed by atoms with Crippen LogP contribution in [0.15, 0.2) is 18.2 Å².